The van der Waals surface area contributed by atoms with Crippen molar-refractivity contribution >= 4 is 11.9 Å². The van der Waals surface area contributed by atoms with Crippen LogP contribution >= 0.6 is 0 Å². The van der Waals surface area contributed by atoms with Gasteiger partial charge in [-0.1, -0.05) is 60.7 Å². The molecule has 3 rings (SSSR count). The lowest BCUT2D eigenvalue weighted by Gasteiger charge is -2.07. The van der Waals surface area contributed by atoms with Crippen molar-refractivity contribution in [2.24, 2.45) is 5.10 Å². The largest absolute Gasteiger partial charge is 0.279 e. The molecular formula is C19H15FN2. The summed E-state index contributed by atoms with van der Waals surface area (Å²) in [6.07, 6.45) is 1.70. The van der Waals surface area contributed by atoms with Gasteiger partial charge in [0.15, 0.2) is 0 Å². The molecule has 0 spiro atoms. The average Bonchev–Trinajstić information content (AvgIpc) is 2.57. The van der Waals surface area contributed by atoms with Crippen LogP contribution < -0.4 is 5.43 Å². The highest BCUT2D eigenvalue weighted by molar-refractivity contribution is 5.90. The summed E-state index contributed by atoms with van der Waals surface area (Å²) in [5, 5.41) is 4.23. The molecule has 0 fully saturated rings. The van der Waals surface area contributed by atoms with Crippen LogP contribution in [-0.2, 0) is 0 Å². The van der Waals surface area contributed by atoms with E-state index in [4.69, 9.17) is 0 Å². The summed E-state index contributed by atoms with van der Waals surface area (Å²) in [5.74, 6) is -0.237. The van der Waals surface area contributed by atoms with Gasteiger partial charge in [0.25, 0.3) is 0 Å². The van der Waals surface area contributed by atoms with Gasteiger partial charge in [-0.25, -0.2) is 4.39 Å². The Balaban J connectivity index is 1.87. The van der Waals surface area contributed by atoms with Gasteiger partial charge >= 0.3 is 0 Å². The van der Waals surface area contributed by atoms with Crippen LogP contribution in [0.1, 0.15) is 5.56 Å². The highest BCUT2D eigenvalue weighted by atomic mass is 19.1. The van der Waals surface area contributed by atoms with E-state index in [9.17, 15) is 4.39 Å². The van der Waals surface area contributed by atoms with Gasteiger partial charge in [-0.3, -0.25) is 5.43 Å². The summed E-state index contributed by atoms with van der Waals surface area (Å²) in [7, 11) is 0. The van der Waals surface area contributed by atoms with E-state index >= 15 is 0 Å². The number of hydrazone groups is 1. The molecule has 0 amide bonds. The van der Waals surface area contributed by atoms with Crippen molar-refractivity contribution in [1.82, 2.24) is 0 Å². The summed E-state index contributed by atoms with van der Waals surface area (Å²) < 4.78 is 14.0. The monoisotopic (exact) mass is 290 g/mol. The van der Waals surface area contributed by atoms with Crippen molar-refractivity contribution in [3.63, 3.8) is 0 Å². The molecule has 0 unspecified atom stereocenters. The van der Waals surface area contributed by atoms with Crippen molar-refractivity contribution in [2.75, 3.05) is 5.43 Å². The molecule has 0 saturated carbocycles. The van der Waals surface area contributed by atoms with Crippen molar-refractivity contribution in [1.29, 1.82) is 0 Å². The first-order chi connectivity index (χ1) is 10.8. The Kier molecular flexibility index (Phi) is 4.25. The topological polar surface area (TPSA) is 24.4 Å². The van der Waals surface area contributed by atoms with E-state index in [0.717, 1.165) is 16.8 Å². The standard InChI is InChI=1S/C19H15FN2/c20-19-13-7-6-12-18(19)17-11-5-4-8-15(17)14-21-22-16-9-2-1-3-10-16/h1-14,22H. The second-order valence-electron chi connectivity index (χ2n) is 4.80. The van der Waals surface area contributed by atoms with Crippen molar-refractivity contribution in [2.45, 2.75) is 0 Å². The fraction of sp³-hybridized carbons (Fsp3) is 0. The Bertz CT molecular complexity index is 782. The van der Waals surface area contributed by atoms with Crippen LogP contribution in [-0.4, -0.2) is 6.21 Å². The molecule has 0 aliphatic rings. The van der Waals surface area contributed by atoms with Crippen molar-refractivity contribution in [3.05, 3.63) is 90.2 Å². The van der Waals surface area contributed by atoms with Gasteiger partial charge in [0.05, 0.1) is 11.9 Å². The second-order valence-corrected chi connectivity index (χ2v) is 4.80. The molecule has 0 saturated heterocycles. The number of anilines is 1. The number of benzene rings is 3. The van der Waals surface area contributed by atoms with Crippen molar-refractivity contribution in [3.8, 4) is 11.1 Å². The number of hydrogen-bond donors (Lipinski definition) is 1. The lowest BCUT2D eigenvalue weighted by Crippen LogP contribution is -1.94. The zero-order valence-electron chi connectivity index (χ0n) is 11.9. The summed E-state index contributed by atoms with van der Waals surface area (Å²) in [6, 6.07) is 24.0. The summed E-state index contributed by atoms with van der Waals surface area (Å²) in [4.78, 5) is 0. The van der Waals surface area contributed by atoms with E-state index in [-0.39, 0.29) is 5.82 Å². The molecule has 0 bridgehead atoms. The highest BCUT2D eigenvalue weighted by Crippen LogP contribution is 2.25. The minimum atomic E-state index is -0.237. The van der Waals surface area contributed by atoms with Crippen LogP contribution in [0.15, 0.2) is 84.0 Å². The maximum absolute atomic E-state index is 14.0. The molecular weight excluding hydrogens is 275 g/mol. The lowest BCUT2D eigenvalue weighted by molar-refractivity contribution is 0.631. The average molecular weight is 290 g/mol. The SMILES string of the molecule is Fc1ccccc1-c1ccccc1C=NNc1ccccc1. The van der Waals surface area contributed by atoms with Crippen LogP contribution in [0.25, 0.3) is 11.1 Å². The molecule has 22 heavy (non-hydrogen) atoms. The van der Waals surface area contributed by atoms with Gasteiger partial charge in [0, 0.05) is 11.1 Å². The first-order valence-corrected chi connectivity index (χ1v) is 7.02. The number of nitrogens with one attached hydrogen (secondary N) is 1. The third-order valence-corrected chi connectivity index (χ3v) is 3.30. The number of hydrogen-bond acceptors (Lipinski definition) is 2. The Labute approximate surface area is 128 Å². The quantitative estimate of drug-likeness (QED) is 0.534. The number of halogens is 1. The van der Waals surface area contributed by atoms with Crippen LogP contribution in [0.3, 0.4) is 0 Å². The van der Waals surface area contributed by atoms with E-state index in [1.165, 1.54) is 6.07 Å². The van der Waals surface area contributed by atoms with Crippen LogP contribution in [0.5, 0.6) is 0 Å². The fourth-order valence-corrected chi connectivity index (χ4v) is 2.22. The van der Waals surface area contributed by atoms with E-state index in [1.54, 1.807) is 18.3 Å². The Morgan fingerprint density at radius 2 is 1.36 bits per heavy atom. The molecule has 0 aliphatic heterocycles. The molecule has 0 aliphatic carbocycles. The summed E-state index contributed by atoms with van der Waals surface area (Å²) >= 11 is 0. The number of para-hydroxylation sites is 1. The third kappa shape index (κ3) is 3.20. The normalized spacial score (nSPS) is 10.8. The maximum atomic E-state index is 14.0. The molecule has 3 heteroatoms. The minimum absolute atomic E-state index is 0.237. The predicted octanol–water partition coefficient (Wildman–Crippen LogP) is 4.94. The predicted molar refractivity (Wildman–Crippen MR) is 89.5 cm³/mol. The Morgan fingerprint density at radius 1 is 0.727 bits per heavy atom. The highest BCUT2D eigenvalue weighted by Gasteiger charge is 2.07. The Hall–Kier alpha value is -2.94. The first-order valence-electron chi connectivity index (χ1n) is 7.02. The molecule has 0 heterocycles. The third-order valence-electron chi connectivity index (χ3n) is 3.30. The van der Waals surface area contributed by atoms with Gasteiger partial charge < -0.3 is 0 Å². The summed E-state index contributed by atoms with van der Waals surface area (Å²) in [6.45, 7) is 0. The number of rotatable bonds is 4. The zero-order valence-corrected chi connectivity index (χ0v) is 11.9. The smallest absolute Gasteiger partial charge is 0.131 e. The molecule has 0 aromatic heterocycles. The molecule has 0 radical (unpaired) electrons. The molecule has 0 atom stereocenters. The van der Waals surface area contributed by atoms with Gasteiger partial charge in [0.1, 0.15) is 5.82 Å². The maximum Gasteiger partial charge on any atom is 0.131 e. The van der Waals surface area contributed by atoms with Crippen LogP contribution in [0.4, 0.5) is 10.1 Å². The van der Waals surface area contributed by atoms with E-state index in [2.05, 4.69) is 10.5 Å². The van der Waals surface area contributed by atoms with E-state index < -0.39 is 0 Å². The second kappa shape index (κ2) is 6.68. The number of nitrogens with zero attached hydrogens (tertiary/aromatic N) is 1. The van der Waals surface area contributed by atoms with E-state index in [0.29, 0.717) is 5.56 Å². The van der Waals surface area contributed by atoms with Gasteiger partial charge in [0.2, 0.25) is 0 Å². The van der Waals surface area contributed by atoms with Crippen molar-refractivity contribution < 1.29 is 4.39 Å². The molecule has 3 aromatic carbocycles. The Morgan fingerprint density at radius 3 is 2.14 bits per heavy atom. The lowest BCUT2D eigenvalue weighted by atomic mass is 10.00. The summed E-state index contributed by atoms with van der Waals surface area (Å²) in [5.41, 5.74) is 6.12. The molecule has 108 valence electrons. The zero-order chi connectivity index (χ0) is 15.2. The molecule has 3 aromatic rings. The fourth-order valence-electron chi connectivity index (χ4n) is 2.22. The van der Waals surface area contributed by atoms with E-state index in [1.807, 2.05) is 60.7 Å². The van der Waals surface area contributed by atoms with Gasteiger partial charge in [-0.2, -0.15) is 5.10 Å². The molecule has 2 nitrogen and oxygen atoms in total. The van der Waals surface area contributed by atoms with Gasteiger partial charge in [-0.15, -0.1) is 0 Å². The first kappa shape index (κ1) is 14.0. The van der Waals surface area contributed by atoms with Gasteiger partial charge in [-0.05, 0) is 23.8 Å². The van der Waals surface area contributed by atoms with Crippen LogP contribution in [0.2, 0.25) is 0 Å². The minimum Gasteiger partial charge on any atom is -0.279 e. The van der Waals surface area contributed by atoms with Crippen LogP contribution in [0, 0.1) is 5.82 Å². The molecule has 1 N–H and O–H groups in total.